The minimum Gasteiger partial charge on any atom is -0.444 e. The molecule has 0 saturated heterocycles. The summed E-state index contributed by atoms with van der Waals surface area (Å²) in [6.07, 6.45) is 1.81. The van der Waals surface area contributed by atoms with Crippen LogP contribution in [0.2, 0.25) is 0 Å². The molecule has 4 rings (SSSR count). The number of halogens is 2. The molecule has 120 valence electrons. The first-order valence-corrected chi connectivity index (χ1v) is 8.57. The molecule has 5 nitrogen and oxygen atoms in total. The summed E-state index contributed by atoms with van der Waals surface area (Å²) in [5.41, 5.74) is 1.28. The Bertz CT molecular complexity index is 1040. The molecule has 0 saturated carbocycles. The number of carbonyl (C=O) groups excluding carboxylic acids is 1. The van der Waals surface area contributed by atoms with Gasteiger partial charge in [-0.2, -0.15) is 0 Å². The molecule has 1 amide bonds. The van der Waals surface area contributed by atoms with Crippen LogP contribution in [-0.4, -0.2) is 15.3 Å². The highest BCUT2D eigenvalue weighted by Gasteiger charge is 2.19. The summed E-state index contributed by atoms with van der Waals surface area (Å²) in [5, 5.41) is 4.69. The molecule has 4 aromatic rings. The van der Waals surface area contributed by atoms with E-state index >= 15 is 0 Å². The molecule has 0 unspecified atom stereocenters. The number of nitrogens with one attached hydrogen (secondary N) is 1. The van der Waals surface area contributed by atoms with Crippen molar-refractivity contribution < 1.29 is 13.6 Å². The first-order valence-electron chi connectivity index (χ1n) is 6.90. The maximum atomic E-state index is 13.2. The summed E-state index contributed by atoms with van der Waals surface area (Å²) in [6.45, 7) is 0. The van der Waals surface area contributed by atoms with Crippen molar-refractivity contribution in [2.24, 2.45) is 0 Å². The molecule has 0 aliphatic rings. The number of hydrogen-bond acceptors (Lipinski definition) is 4. The van der Waals surface area contributed by atoms with Crippen molar-refractivity contribution in [2.45, 2.75) is 0 Å². The number of aromatic nitrogens is 2. The Morgan fingerprint density at radius 2 is 2.04 bits per heavy atom. The molecule has 1 aromatic carbocycles. The van der Waals surface area contributed by atoms with Crippen molar-refractivity contribution in [3.05, 3.63) is 64.2 Å². The second kappa shape index (κ2) is 5.88. The smallest absolute Gasteiger partial charge is 0.292 e. The maximum Gasteiger partial charge on any atom is 0.292 e. The van der Waals surface area contributed by atoms with E-state index in [1.54, 1.807) is 28.7 Å². The number of nitrogens with zero attached hydrogens (tertiary/aromatic N) is 2. The third-order valence-corrected chi connectivity index (χ3v) is 4.59. The summed E-state index contributed by atoms with van der Waals surface area (Å²) in [7, 11) is 0. The van der Waals surface area contributed by atoms with Crippen molar-refractivity contribution in [1.29, 1.82) is 0 Å². The Hall–Kier alpha value is -2.45. The van der Waals surface area contributed by atoms with Crippen LogP contribution in [0.5, 0.6) is 0 Å². The second-order valence-electron chi connectivity index (χ2n) is 4.93. The van der Waals surface area contributed by atoms with Gasteiger partial charge in [-0.25, -0.2) is 9.37 Å². The number of carbonyl (C=O) groups is 1. The summed E-state index contributed by atoms with van der Waals surface area (Å²) < 4.78 is 20.7. The van der Waals surface area contributed by atoms with E-state index in [0.29, 0.717) is 21.7 Å². The van der Waals surface area contributed by atoms with E-state index in [1.807, 2.05) is 11.6 Å². The van der Waals surface area contributed by atoms with Crippen LogP contribution >= 0.6 is 27.3 Å². The average Bonchev–Trinajstić information content (AvgIpc) is 3.26. The predicted molar refractivity (Wildman–Crippen MR) is 92.8 cm³/mol. The van der Waals surface area contributed by atoms with E-state index in [0.717, 1.165) is 4.96 Å². The molecule has 0 radical (unpaired) electrons. The first-order chi connectivity index (χ1) is 11.6. The largest absolute Gasteiger partial charge is 0.444 e. The van der Waals surface area contributed by atoms with Gasteiger partial charge in [0.2, 0.25) is 0 Å². The summed E-state index contributed by atoms with van der Waals surface area (Å²) >= 11 is 4.61. The van der Waals surface area contributed by atoms with Crippen LogP contribution in [0.25, 0.3) is 16.2 Å². The van der Waals surface area contributed by atoms with Gasteiger partial charge in [-0.15, -0.1) is 11.3 Å². The molecular weight excluding hydrogens is 397 g/mol. The van der Waals surface area contributed by atoms with Gasteiger partial charge in [-0.3, -0.25) is 9.20 Å². The Morgan fingerprint density at radius 3 is 2.75 bits per heavy atom. The molecule has 24 heavy (non-hydrogen) atoms. The van der Waals surface area contributed by atoms with Crippen molar-refractivity contribution in [3.8, 4) is 11.3 Å². The van der Waals surface area contributed by atoms with Gasteiger partial charge in [0.15, 0.2) is 15.4 Å². The van der Waals surface area contributed by atoms with Crippen LogP contribution in [0.15, 0.2) is 57.1 Å². The molecule has 0 aliphatic carbocycles. The van der Waals surface area contributed by atoms with Gasteiger partial charge in [0.05, 0.1) is 0 Å². The fourth-order valence-corrected chi connectivity index (χ4v) is 3.34. The third kappa shape index (κ3) is 2.63. The zero-order chi connectivity index (χ0) is 16.7. The number of hydrogen-bond donors (Lipinski definition) is 1. The Kier molecular flexibility index (Phi) is 3.70. The summed E-state index contributed by atoms with van der Waals surface area (Å²) in [6, 6.07) is 9.19. The summed E-state index contributed by atoms with van der Waals surface area (Å²) in [4.78, 5) is 17.7. The lowest BCUT2D eigenvalue weighted by Gasteiger charge is -2.05. The van der Waals surface area contributed by atoms with Crippen LogP contribution in [-0.2, 0) is 0 Å². The number of amides is 1. The monoisotopic (exact) mass is 405 g/mol. The molecular formula is C16H9BrFN3O2S. The number of imidazole rings is 1. The Morgan fingerprint density at radius 1 is 1.25 bits per heavy atom. The number of rotatable bonds is 3. The number of thiazole rings is 1. The lowest BCUT2D eigenvalue weighted by atomic mass is 10.1. The maximum absolute atomic E-state index is 13.2. The molecule has 3 heterocycles. The third-order valence-electron chi connectivity index (χ3n) is 3.41. The van der Waals surface area contributed by atoms with E-state index in [1.165, 1.54) is 23.5 Å². The lowest BCUT2D eigenvalue weighted by Crippen LogP contribution is -2.13. The highest BCUT2D eigenvalue weighted by atomic mass is 79.9. The van der Waals surface area contributed by atoms with E-state index in [-0.39, 0.29) is 11.6 Å². The van der Waals surface area contributed by atoms with E-state index in [2.05, 4.69) is 26.2 Å². The molecule has 0 fully saturated rings. The van der Waals surface area contributed by atoms with Gasteiger partial charge in [0.1, 0.15) is 17.3 Å². The van der Waals surface area contributed by atoms with Crippen molar-refractivity contribution >= 4 is 44.0 Å². The fourth-order valence-electron chi connectivity index (χ4n) is 2.32. The van der Waals surface area contributed by atoms with E-state index in [9.17, 15) is 9.18 Å². The van der Waals surface area contributed by atoms with Crippen LogP contribution in [0.3, 0.4) is 0 Å². The van der Waals surface area contributed by atoms with Crippen LogP contribution in [0.4, 0.5) is 10.2 Å². The lowest BCUT2D eigenvalue weighted by molar-refractivity contribution is 0.0995. The Labute approximate surface area is 147 Å². The van der Waals surface area contributed by atoms with Gasteiger partial charge < -0.3 is 9.73 Å². The minimum atomic E-state index is -0.392. The molecule has 0 spiro atoms. The van der Waals surface area contributed by atoms with Gasteiger partial charge in [-0.05, 0) is 52.3 Å². The van der Waals surface area contributed by atoms with Gasteiger partial charge in [0, 0.05) is 17.1 Å². The van der Waals surface area contributed by atoms with Crippen molar-refractivity contribution in [2.75, 3.05) is 5.32 Å². The van der Waals surface area contributed by atoms with Gasteiger partial charge >= 0.3 is 0 Å². The standard InChI is InChI=1S/C16H9BrFN3O2S/c17-12-6-5-11(23-12)15(22)20-14-13(9-1-3-10(18)4-2-9)19-16-21(14)7-8-24-16/h1-8H,(H,20,22). The normalized spacial score (nSPS) is 11.1. The van der Waals surface area contributed by atoms with Crippen molar-refractivity contribution in [3.63, 3.8) is 0 Å². The molecule has 0 atom stereocenters. The molecule has 0 aliphatic heterocycles. The molecule has 0 bridgehead atoms. The van der Waals surface area contributed by atoms with Gasteiger partial charge in [-0.1, -0.05) is 0 Å². The number of benzene rings is 1. The quantitative estimate of drug-likeness (QED) is 0.531. The van der Waals surface area contributed by atoms with Gasteiger partial charge in [0.25, 0.3) is 5.91 Å². The summed E-state index contributed by atoms with van der Waals surface area (Å²) in [5.74, 6) is -0.0321. The van der Waals surface area contributed by atoms with E-state index in [4.69, 9.17) is 4.42 Å². The first kappa shape index (κ1) is 15.1. The fraction of sp³-hybridized carbons (Fsp3) is 0. The number of furan rings is 1. The second-order valence-corrected chi connectivity index (χ2v) is 6.58. The van der Waals surface area contributed by atoms with Crippen molar-refractivity contribution in [1.82, 2.24) is 9.38 Å². The molecule has 8 heteroatoms. The molecule has 3 aromatic heterocycles. The highest BCUT2D eigenvalue weighted by molar-refractivity contribution is 9.10. The van der Waals surface area contributed by atoms with Crippen LogP contribution in [0.1, 0.15) is 10.6 Å². The average molecular weight is 406 g/mol. The number of anilines is 1. The highest BCUT2D eigenvalue weighted by Crippen LogP contribution is 2.31. The molecule has 1 N–H and O–H groups in total. The predicted octanol–water partition coefficient (Wildman–Crippen LogP) is 4.81. The zero-order valence-electron chi connectivity index (χ0n) is 12.0. The van der Waals surface area contributed by atoms with Crippen LogP contribution in [0, 0.1) is 5.82 Å². The SMILES string of the molecule is O=C(Nc1c(-c2ccc(F)cc2)nc2sccn12)c1ccc(Br)o1. The van der Waals surface area contributed by atoms with E-state index < -0.39 is 5.91 Å². The Balaban J connectivity index is 1.78. The zero-order valence-corrected chi connectivity index (χ0v) is 14.4. The minimum absolute atomic E-state index is 0.178. The topological polar surface area (TPSA) is 59.5 Å². The van der Waals surface area contributed by atoms with Crippen LogP contribution < -0.4 is 5.32 Å². The number of fused-ring (bicyclic) bond motifs is 1.